The first-order valence-electron chi connectivity index (χ1n) is 9.77. The molecule has 0 aliphatic rings. The van der Waals surface area contributed by atoms with Crippen LogP contribution in [0.4, 0.5) is 74.6 Å². The van der Waals surface area contributed by atoms with Gasteiger partial charge in [-0.15, -0.1) is 0 Å². The summed E-state index contributed by atoms with van der Waals surface area (Å²) in [5.74, 6) is -56.5. The average Bonchev–Trinajstić information content (AvgIpc) is 2.71. The van der Waals surface area contributed by atoms with Gasteiger partial charge in [0.15, 0.2) is 0 Å². The van der Waals surface area contributed by atoms with Gasteiger partial charge in [-0.05, 0) is 0 Å². The number of hydrogen-bond acceptors (Lipinski definition) is 3. The van der Waals surface area contributed by atoms with Crippen molar-refractivity contribution in [2.75, 3.05) is 19.8 Å². The van der Waals surface area contributed by atoms with Crippen molar-refractivity contribution in [3.05, 3.63) is 0 Å². The van der Waals surface area contributed by atoms with E-state index in [1.165, 1.54) is 20.8 Å². The Kier molecular flexibility index (Phi) is 10.9. The summed E-state index contributed by atoms with van der Waals surface area (Å²) in [6.45, 7) is 2.43. The molecular formula is C16H19F17O3Ti. The van der Waals surface area contributed by atoms with Crippen molar-refractivity contribution in [1.82, 2.24) is 0 Å². The third-order valence-electron chi connectivity index (χ3n) is 4.63. The molecule has 0 unspecified atom stereocenters. The molecule has 0 saturated heterocycles. The van der Waals surface area contributed by atoms with Crippen molar-refractivity contribution in [3.63, 3.8) is 0 Å². The van der Waals surface area contributed by atoms with Crippen LogP contribution in [0.15, 0.2) is 0 Å². The van der Waals surface area contributed by atoms with Crippen LogP contribution in [-0.2, 0) is 27.7 Å². The first kappa shape index (κ1) is 36.4. The maximum atomic E-state index is 14.1. The molecule has 0 aromatic rings. The molecule has 0 aromatic carbocycles. The Hall–Kier alpha value is -0.596. The molecule has 0 heterocycles. The van der Waals surface area contributed by atoms with Gasteiger partial charge in [0, 0.05) is 0 Å². The van der Waals surface area contributed by atoms with Gasteiger partial charge in [0.2, 0.25) is 0 Å². The average molecular weight is 630 g/mol. The van der Waals surface area contributed by atoms with Crippen molar-refractivity contribution in [3.8, 4) is 0 Å². The van der Waals surface area contributed by atoms with Gasteiger partial charge in [0.25, 0.3) is 0 Å². The monoisotopic (exact) mass is 630 g/mol. The van der Waals surface area contributed by atoms with E-state index >= 15 is 0 Å². The Morgan fingerprint density at radius 1 is 0.432 bits per heavy atom. The molecule has 0 atom stereocenters. The van der Waals surface area contributed by atoms with Gasteiger partial charge in [-0.2, -0.15) is 0 Å². The Bertz CT molecular complexity index is 736. The van der Waals surface area contributed by atoms with Crippen molar-refractivity contribution in [1.29, 1.82) is 0 Å². The molecule has 0 fully saturated rings. The van der Waals surface area contributed by atoms with Crippen LogP contribution >= 0.6 is 0 Å². The fourth-order valence-electron chi connectivity index (χ4n) is 2.66. The van der Waals surface area contributed by atoms with E-state index in [4.69, 9.17) is 9.96 Å². The third kappa shape index (κ3) is 5.96. The fraction of sp³-hybridized carbons (Fsp3) is 1.00. The van der Waals surface area contributed by atoms with Crippen molar-refractivity contribution in [2.45, 2.75) is 79.6 Å². The maximum absolute atomic E-state index is 14.1. The van der Waals surface area contributed by atoms with Crippen molar-refractivity contribution < 1.29 is 102 Å². The summed E-state index contributed by atoms with van der Waals surface area (Å²) in [5.41, 5.74) is 0. The van der Waals surface area contributed by atoms with E-state index in [2.05, 4.69) is 0 Å². The molecule has 0 aliphatic carbocycles. The van der Waals surface area contributed by atoms with Gasteiger partial charge >= 0.3 is 202 Å². The Morgan fingerprint density at radius 3 is 0.973 bits per heavy atom. The third-order valence-corrected chi connectivity index (χ3v) is 9.38. The van der Waals surface area contributed by atoms with Crippen LogP contribution in [0.1, 0.15) is 27.2 Å². The molecule has 0 spiro atoms. The van der Waals surface area contributed by atoms with E-state index in [1.807, 2.05) is 0 Å². The van der Waals surface area contributed by atoms with Crippen LogP contribution in [0.5, 0.6) is 0 Å². The van der Waals surface area contributed by atoms with Gasteiger partial charge in [0.05, 0.1) is 0 Å². The van der Waals surface area contributed by atoms with Crippen LogP contribution in [-0.4, -0.2) is 67.5 Å². The summed E-state index contributed by atoms with van der Waals surface area (Å²) in [6.07, 6.45) is -10.4. The van der Waals surface area contributed by atoms with E-state index in [0.29, 0.717) is 0 Å². The van der Waals surface area contributed by atoms with Gasteiger partial charge in [-0.25, -0.2) is 0 Å². The predicted molar refractivity (Wildman–Crippen MR) is 85.0 cm³/mol. The summed E-state index contributed by atoms with van der Waals surface area (Å²) in [7, 11) is 0. The van der Waals surface area contributed by atoms with E-state index in [-0.39, 0.29) is 0 Å². The van der Waals surface area contributed by atoms with Crippen LogP contribution in [0, 0.1) is 0 Å². The van der Waals surface area contributed by atoms with Crippen LogP contribution in [0.25, 0.3) is 0 Å². The molecule has 0 aliphatic heterocycles. The first-order chi connectivity index (χ1) is 16.1. The zero-order valence-corrected chi connectivity index (χ0v) is 20.2. The molecule has 0 saturated carbocycles. The summed E-state index contributed by atoms with van der Waals surface area (Å²) < 4.78 is 240. The second-order valence-corrected chi connectivity index (χ2v) is 11.4. The normalized spacial score (nSPS) is 15.9. The van der Waals surface area contributed by atoms with Gasteiger partial charge < -0.3 is 0 Å². The van der Waals surface area contributed by atoms with Crippen LogP contribution < -0.4 is 0 Å². The second-order valence-electron chi connectivity index (χ2n) is 7.13. The number of alkyl halides is 17. The van der Waals surface area contributed by atoms with E-state index in [1.54, 1.807) is 0 Å². The molecule has 0 bridgehead atoms. The fourth-order valence-corrected chi connectivity index (χ4v) is 6.76. The summed E-state index contributed by atoms with van der Waals surface area (Å²) >= 11 is -5.05. The number of halogens is 17. The zero-order chi connectivity index (χ0) is 30.2. The molecule has 0 N–H and O–H groups in total. The van der Waals surface area contributed by atoms with E-state index < -0.39 is 96.4 Å². The van der Waals surface area contributed by atoms with Crippen molar-refractivity contribution >= 4 is 0 Å². The standard InChI is InChI=1S/C10H4F17.3C2H5O.Ti/c1-2-3(11,12)4(13,14)5(15,16)6(17,18)7(19,20)8(21,22)9(23,24)10(25,26)27;3*1-2-3;/h1-2H2;3*2H2,1H3;/q;3*-1;+3. The Balaban J connectivity index is 6.57. The van der Waals surface area contributed by atoms with E-state index in [9.17, 15) is 74.6 Å². The SMILES string of the molecule is CC[O][Ti]([CH2]CC(F)(F)C(F)(F)C(F)(F)C(F)(F)C(F)(F)C(F)(F)C(F)(F)C(F)(F)F)([O]CC)[O]CC. The summed E-state index contributed by atoms with van der Waals surface area (Å²) in [4.78, 5) is 0. The Morgan fingerprint density at radius 2 is 0.703 bits per heavy atom. The number of rotatable bonds is 15. The molecule has 0 rings (SSSR count). The molecule has 3 nitrogen and oxygen atoms in total. The number of hydrogen-bond donors (Lipinski definition) is 0. The topological polar surface area (TPSA) is 27.7 Å². The quantitative estimate of drug-likeness (QED) is 0.137. The molecule has 0 amide bonds. The van der Waals surface area contributed by atoms with Gasteiger partial charge in [-0.1, -0.05) is 0 Å². The zero-order valence-electron chi connectivity index (χ0n) is 18.7. The minimum absolute atomic E-state index is 0.398. The predicted octanol–water partition coefficient (Wildman–Crippen LogP) is 7.81. The first-order valence-corrected chi connectivity index (χ1v) is 12.8. The van der Waals surface area contributed by atoms with E-state index in [0.717, 1.165) is 0 Å². The van der Waals surface area contributed by atoms with Crippen molar-refractivity contribution in [2.24, 2.45) is 0 Å². The molecule has 37 heavy (non-hydrogen) atoms. The van der Waals surface area contributed by atoms with Gasteiger partial charge in [-0.3, -0.25) is 0 Å². The minimum atomic E-state index is -8.65. The summed E-state index contributed by atoms with van der Waals surface area (Å²) in [5, 5.41) is 0. The molecule has 21 heteroatoms. The van der Waals surface area contributed by atoms with Crippen LogP contribution in [0.2, 0.25) is 4.73 Å². The molecule has 0 radical (unpaired) electrons. The molecular weight excluding hydrogens is 611 g/mol. The van der Waals surface area contributed by atoms with Crippen LogP contribution in [0.3, 0.4) is 0 Å². The molecule has 0 aromatic heterocycles. The van der Waals surface area contributed by atoms with Gasteiger partial charge in [0.1, 0.15) is 0 Å². The second kappa shape index (κ2) is 11.1. The summed E-state index contributed by atoms with van der Waals surface area (Å²) in [6, 6.07) is 0. The molecule has 224 valence electrons. The Labute approximate surface area is 202 Å².